The van der Waals surface area contributed by atoms with Gasteiger partial charge in [-0.05, 0) is 66.3 Å². The maximum Gasteiger partial charge on any atom is 0.253 e. The Morgan fingerprint density at radius 3 is 2.71 bits per heavy atom. The number of aliphatic imine (C=N–C) groups is 1. The number of nitrogens with zero attached hydrogens (tertiary/aromatic N) is 3. The third kappa shape index (κ3) is 7.36. The number of rotatable bonds is 8. The summed E-state index contributed by atoms with van der Waals surface area (Å²) in [4.78, 5) is 21.1. The molecule has 1 saturated heterocycles. The van der Waals surface area contributed by atoms with Crippen LogP contribution in [-0.2, 0) is 13.0 Å². The lowest BCUT2D eigenvalue weighted by Gasteiger charge is -2.33. The molecular formula is C24H35N5OS. The maximum absolute atomic E-state index is 12.2. The van der Waals surface area contributed by atoms with Crippen molar-refractivity contribution in [1.29, 1.82) is 0 Å². The van der Waals surface area contributed by atoms with Gasteiger partial charge in [0.15, 0.2) is 5.96 Å². The minimum Gasteiger partial charge on any atom is -0.357 e. The number of piperidine rings is 1. The van der Waals surface area contributed by atoms with E-state index in [-0.39, 0.29) is 5.91 Å². The van der Waals surface area contributed by atoms with Crippen LogP contribution < -0.4 is 10.6 Å². The highest BCUT2D eigenvalue weighted by molar-refractivity contribution is 7.07. The van der Waals surface area contributed by atoms with Crippen LogP contribution in [0.25, 0.3) is 0 Å². The van der Waals surface area contributed by atoms with Crippen molar-refractivity contribution in [1.82, 2.24) is 20.4 Å². The fraction of sp³-hybridized carbons (Fsp3) is 0.500. The van der Waals surface area contributed by atoms with Crippen molar-refractivity contribution >= 4 is 23.2 Å². The zero-order valence-corrected chi connectivity index (χ0v) is 19.8. The number of guanidine groups is 1. The highest BCUT2D eigenvalue weighted by atomic mass is 32.1. The Balaban J connectivity index is 1.48. The molecule has 6 nitrogen and oxygen atoms in total. The first-order valence-corrected chi connectivity index (χ1v) is 12.1. The summed E-state index contributed by atoms with van der Waals surface area (Å²) in [6.45, 7) is 6.90. The van der Waals surface area contributed by atoms with Gasteiger partial charge in [-0.1, -0.05) is 12.1 Å². The average molecular weight is 442 g/mol. The number of nitrogens with one attached hydrogen (secondary N) is 2. The first kappa shape index (κ1) is 23.3. The molecule has 2 aromatic rings. The SMILES string of the molecule is CCNC(=NCCc1cccc(C(=O)N(C)C)c1)NC1CCN(Cc2ccsc2)CC1. The topological polar surface area (TPSA) is 60.0 Å². The van der Waals surface area contributed by atoms with Crippen molar-refractivity contribution < 1.29 is 4.79 Å². The summed E-state index contributed by atoms with van der Waals surface area (Å²) in [5.74, 6) is 0.921. The fourth-order valence-corrected chi connectivity index (χ4v) is 4.46. The van der Waals surface area contributed by atoms with Crippen LogP contribution in [0.3, 0.4) is 0 Å². The molecule has 7 heteroatoms. The Kier molecular flexibility index (Phi) is 8.91. The second-order valence-electron chi connectivity index (χ2n) is 8.24. The van der Waals surface area contributed by atoms with Gasteiger partial charge < -0.3 is 15.5 Å². The van der Waals surface area contributed by atoms with Gasteiger partial charge >= 0.3 is 0 Å². The molecule has 0 aliphatic carbocycles. The van der Waals surface area contributed by atoms with Crippen LogP contribution in [0.15, 0.2) is 46.1 Å². The number of likely N-dealkylation sites (tertiary alicyclic amines) is 1. The predicted octanol–water partition coefficient (Wildman–Crippen LogP) is 3.21. The zero-order valence-electron chi connectivity index (χ0n) is 18.9. The molecule has 31 heavy (non-hydrogen) atoms. The van der Waals surface area contributed by atoms with Gasteiger partial charge in [-0.3, -0.25) is 14.7 Å². The van der Waals surface area contributed by atoms with E-state index in [0.29, 0.717) is 12.6 Å². The Bertz CT molecular complexity index is 841. The fourth-order valence-electron chi connectivity index (χ4n) is 3.80. The minimum absolute atomic E-state index is 0.0331. The summed E-state index contributed by atoms with van der Waals surface area (Å²) in [7, 11) is 3.56. The normalized spacial score (nSPS) is 15.6. The molecule has 168 valence electrons. The molecule has 0 radical (unpaired) electrons. The first-order chi connectivity index (χ1) is 15.0. The quantitative estimate of drug-likeness (QED) is 0.488. The molecule has 0 bridgehead atoms. The van der Waals surface area contributed by atoms with E-state index in [1.54, 1.807) is 30.3 Å². The summed E-state index contributed by atoms with van der Waals surface area (Å²) in [6, 6.07) is 10.5. The van der Waals surface area contributed by atoms with Crippen molar-refractivity contribution in [3.8, 4) is 0 Å². The lowest BCUT2D eigenvalue weighted by Crippen LogP contribution is -2.48. The van der Waals surface area contributed by atoms with Gasteiger partial charge in [-0.2, -0.15) is 11.3 Å². The summed E-state index contributed by atoms with van der Waals surface area (Å²) < 4.78 is 0. The van der Waals surface area contributed by atoms with Gasteiger partial charge in [0.05, 0.1) is 0 Å². The molecule has 1 fully saturated rings. The van der Waals surface area contributed by atoms with Gasteiger partial charge in [0.2, 0.25) is 0 Å². The summed E-state index contributed by atoms with van der Waals surface area (Å²) in [5.41, 5.74) is 3.28. The lowest BCUT2D eigenvalue weighted by atomic mass is 10.0. The van der Waals surface area contributed by atoms with Gasteiger partial charge in [0.25, 0.3) is 5.91 Å². The van der Waals surface area contributed by atoms with Gasteiger partial charge in [0, 0.05) is 58.4 Å². The smallest absolute Gasteiger partial charge is 0.253 e. The van der Waals surface area contributed by atoms with E-state index in [9.17, 15) is 4.79 Å². The molecule has 2 heterocycles. The molecule has 3 rings (SSSR count). The molecule has 0 unspecified atom stereocenters. The highest BCUT2D eigenvalue weighted by Gasteiger charge is 2.20. The van der Waals surface area contributed by atoms with E-state index in [1.807, 2.05) is 18.2 Å². The molecule has 1 aromatic carbocycles. The second-order valence-corrected chi connectivity index (χ2v) is 9.02. The first-order valence-electron chi connectivity index (χ1n) is 11.1. The molecule has 2 N–H and O–H groups in total. The second kappa shape index (κ2) is 11.9. The molecule has 0 spiro atoms. The predicted molar refractivity (Wildman–Crippen MR) is 130 cm³/mol. The van der Waals surface area contributed by atoms with Crippen molar-refractivity contribution in [2.75, 3.05) is 40.3 Å². The van der Waals surface area contributed by atoms with Crippen molar-refractivity contribution in [2.24, 2.45) is 4.99 Å². The number of hydrogen-bond acceptors (Lipinski definition) is 4. The van der Waals surface area contributed by atoms with E-state index >= 15 is 0 Å². The Hall–Kier alpha value is -2.38. The van der Waals surface area contributed by atoms with Crippen LogP contribution in [0.2, 0.25) is 0 Å². The molecule has 1 aliphatic heterocycles. The van der Waals surface area contributed by atoms with E-state index in [2.05, 4.69) is 45.4 Å². The Labute approximate surface area is 190 Å². The lowest BCUT2D eigenvalue weighted by molar-refractivity contribution is 0.0827. The molecule has 1 amide bonds. The monoisotopic (exact) mass is 441 g/mol. The van der Waals surface area contributed by atoms with Gasteiger partial charge in [-0.15, -0.1) is 0 Å². The third-order valence-electron chi connectivity index (χ3n) is 5.51. The third-order valence-corrected chi connectivity index (χ3v) is 6.24. The van der Waals surface area contributed by atoms with E-state index in [4.69, 9.17) is 4.99 Å². The molecule has 0 atom stereocenters. The molecule has 1 aliphatic rings. The number of thiophene rings is 1. The zero-order chi connectivity index (χ0) is 22.1. The van der Waals surface area contributed by atoms with Crippen LogP contribution in [-0.4, -0.2) is 68.0 Å². The highest BCUT2D eigenvalue weighted by Crippen LogP contribution is 2.15. The Morgan fingerprint density at radius 1 is 1.23 bits per heavy atom. The number of carbonyl (C=O) groups is 1. The Morgan fingerprint density at radius 2 is 2.03 bits per heavy atom. The van der Waals surface area contributed by atoms with Crippen LogP contribution in [0.4, 0.5) is 0 Å². The molecule has 1 aromatic heterocycles. The summed E-state index contributed by atoms with van der Waals surface area (Å²) in [6.07, 6.45) is 3.07. The van der Waals surface area contributed by atoms with E-state index in [0.717, 1.165) is 62.5 Å². The number of carbonyl (C=O) groups excluding carboxylic acids is 1. The van der Waals surface area contributed by atoms with Crippen LogP contribution in [0.1, 0.15) is 41.3 Å². The molecule has 0 saturated carbocycles. The average Bonchev–Trinajstić information content (AvgIpc) is 3.28. The van der Waals surface area contributed by atoms with Crippen molar-refractivity contribution in [2.45, 2.75) is 38.8 Å². The minimum atomic E-state index is 0.0331. The standard InChI is InChI=1S/C24H35N5OS/c1-4-25-24(26-12-8-19-6-5-7-21(16-19)23(30)28(2)3)27-22-9-13-29(14-10-22)17-20-11-15-31-18-20/h5-7,11,15-16,18,22H,4,8-10,12-14,17H2,1-3H3,(H2,25,26,27). The van der Waals surface area contributed by atoms with Crippen molar-refractivity contribution in [3.63, 3.8) is 0 Å². The van der Waals surface area contributed by atoms with Gasteiger partial charge in [0.1, 0.15) is 0 Å². The molecular weight excluding hydrogens is 406 g/mol. The maximum atomic E-state index is 12.2. The van der Waals surface area contributed by atoms with Crippen LogP contribution >= 0.6 is 11.3 Å². The van der Waals surface area contributed by atoms with E-state index in [1.165, 1.54) is 5.56 Å². The number of benzene rings is 1. The summed E-state index contributed by atoms with van der Waals surface area (Å²) in [5, 5.41) is 11.4. The number of hydrogen-bond donors (Lipinski definition) is 2. The van der Waals surface area contributed by atoms with Crippen LogP contribution in [0.5, 0.6) is 0 Å². The van der Waals surface area contributed by atoms with Gasteiger partial charge in [-0.25, -0.2) is 0 Å². The van der Waals surface area contributed by atoms with E-state index < -0.39 is 0 Å². The van der Waals surface area contributed by atoms with Crippen LogP contribution in [0, 0.1) is 0 Å². The number of amides is 1. The van der Waals surface area contributed by atoms with Crippen molar-refractivity contribution in [3.05, 3.63) is 57.8 Å². The largest absolute Gasteiger partial charge is 0.357 e. The summed E-state index contributed by atoms with van der Waals surface area (Å²) >= 11 is 1.77.